The normalized spacial score (nSPS) is 10.4. The molecule has 0 saturated heterocycles. The Kier molecular flexibility index (Phi) is 8.05. The van der Waals surface area contributed by atoms with Gasteiger partial charge in [0.15, 0.2) is 11.5 Å². The minimum absolute atomic E-state index is 0.358. The molecular weight excluding hydrogens is 382 g/mol. The van der Waals surface area contributed by atoms with Gasteiger partial charge in [0.05, 0.1) is 13.3 Å². The van der Waals surface area contributed by atoms with Crippen molar-refractivity contribution in [1.82, 2.24) is 5.43 Å². The Labute approximate surface area is 168 Å². The van der Waals surface area contributed by atoms with Gasteiger partial charge in [0.1, 0.15) is 13.0 Å². The zero-order valence-electron chi connectivity index (χ0n) is 15.3. The van der Waals surface area contributed by atoms with Crippen LogP contribution < -0.4 is 20.2 Å². The molecule has 0 saturated carbocycles. The fourth-order valence-corrected chi connectivity index (χ4v) is 2.36. The van der Waals surface area contributed by atoms with Gasteiger partial charge in [0, 0.05) is 10.7 Å². The first kappa shape index (κ1) is 21.0. The van der Waals surface area contributed by atoms with E-state index in [-0.39, 0.29) is 6.42 Å². The number of carbonyl (C=O) groups is 2. The van der Waals surface area contributed by atoms with Crippen LogP contribution in [0.25, 0.3) is 0 Å². The molecule has 28 heavy (non-hydrogen) atoms. The summed E-state index contributed by atoms with van der Waals surface area (Å²) in [6.07, 6.45) is 2.70. The van der Waals surface area contributed by atoms with Gasteiger partial charge in [-0.1, -0.05) is 30.3 Å². The zero-order chi connectivity index (χ0) is 20.4. The van der Waals surface area contributed by atoms with Gasteiger partial charge in [-0.05, 0) is 42.0 Å². The lowest BCUT2D eigenvalue weighted by molar-refractivity contribution is -0.126. The molecule has 0 bridgehead atoms. The van der Waals surface area contributed by atoms with Crippen LogP contribution in [0.15, 0.2) is 60.2 Å². The molecule has 0 spiro atoms. The molecule has 2 rings (SSSR count). The van der Waals surface area contributed by atoms with Gasteiger partial charge < -0.3 is 14.8 Å². The van der Waals surface area contributed by atoms with Crippen molar-refractivity contribution in [2.45, 2.75) is 6.42 Å². The van der Waals surface area contributed by atoms with Crippen LogP contribution in [-0.4, -0.2) is 31.7 Å². The van der Waals surface area contributed by atoms with Gasteiger partial charge in [0.2, 0.25) is 11.8 Å². The van der Waals surface area contributed by atoms with Gasteiger partial charge in [-0.15, -0.1) is 0 Å². The van der Waals surface area contributed by atoms with E-state index in [9.17, 15) is 9.59 Å². The van der Waals surface area contributed by atoms with E-state index < -0.39 is 11.8 Å². The summed E-state index contributed by atoms with van der Waals surface area (Å²) in [4.78, 5) is 23.7. The summed E-state index contributed by atoms with van der Waals surface area (Å²) >= 11 is 5.85. The summed E-state index contributed by atoms with van der Waals surface area (Å²) in [5.74, 6) is 0.0772. The van der Waals surface area contributed by atoms with Crippen LogP contribution in [0, 0.1) is 0 Å². The van der Waals surface area contributed by atoms with Crippen molar-refractivity contribution in [2.24, 2.45) is 5.10 Å². The molecule has 7 nitrogen and oxygen atoms in total. The molecule has 0 heterocycles. The average molecular weight is 402 g/mol. The highest BCUT2D eigenvalue weighted by molar-refractivity contribution is 6.30. The third kappa shape index (κ3) is 6.77. The molecule has 2 amide bonds. The summed E-state index contributed by atoms with van der Waals surface area (Å²) in [6.45, 7) is 3.95. The molecule has 2 aromatic rings. The smallest absolute Gasteiger partial charge is 0.249 e. The summed E-state index contributed by atoms with van der Waals surface area (Å²) < 4.78 is 10.7. The number of amides is 2. The van der Waals surface area contributed by atoms with Crippen molar-refractivity contribution in [3.8, 4) is 11.5 Å². The lowest BCUT2D eigenvalue weighted by atomic mass is 10.2. The van der Waals surface area contributed by atoms with Crippen LogP contribution in [0.2, 0.25) is 5.02 Å². The Bertz CT molecular complexity index is 884. The molecule has 2 aromatic carbocycles. The standard InChI is InChI=1S/C20H20ClN3O4/c1-3-9-28-17-8-7-14(10-18(17)27-2)13-22-24-20(26)12-19(25)23-16-6-4-5-15(21)11-16/h3-8,10-11,13H,1,9,12H2,2H3,(H,23,25)(H,24,26)/b22-13+. The Morgan fingerprint density at radius 2 is 2.00 bits per heavy atom. The molecule has 0 aliphatic carbocycles. The second-order valence-electron chi connectivity index (χ2n) is 5.54. The van der Waals surface area contributed by atoms with E-state index in [0.29, 0.717) is 34.4 Å². The predicted octanol–water partition coefficient (Wildman–Crippen LogP) is 3.39. The van der Waals surface area contributed by atoms with Crippen LogP contribution in [0.4, 0.5) is 5.69 Å². The number of carbonyl (C=O) groups excluding carboxylic acids is 2. The molecule has 0 aliphatic heterocycles. The molecule has 0 atom stereocenters. The van der Waals surface area contributed by atoms with E-state index in [2.05, 4.69) is 22.4 Å². The van der Waals surface area contributed by atoms with E-state index >= 15 is 0 Å². The van der Waals surface area contributed by atoms with Gasteiger partial charge in [0.25, 0.3) is 0 Å². The van der Waals surface area contributed by atoms with Gasteiger partial charge >= 0.3 is 0 Å². The number of benzene rings is 2. The molecule has 0 unspecified atom stereocenters. The molecule has 0 radical (unpaired) electrons. The largest absolute Gasteiger partial charge is 0.493 e. The number of hydrazone groups is 1. The van der Waals surface area contributed by atoms with Crippen molar-refractivity contribution >= 4 is 35.3 Å². The van der Waals surface area contributed by atoms with Crippen molar-refractivity contribution in [3.05, 3.63) is 65.7 Å². The maximum Gasteiger partial charge on any atom is 0.249 e. The number of ether oxygens (including phenoxy) is 2. The molecule has 8 heteroatoms. The Morgan fingerprint density at radius 3 is 2.71 bits per heavy atom. The number of hydrogen-bond donors (Lipinski definition) is 2. The van der Waals surface area contributed by atoms with Gasteiger partial charge in [-0.2, -0.15) is 5.10 Å². The third-order valence-corrected chi connectivity index (χ3v) is 3.61. The second-order valence-corrected chi connectivity index (χ2v) is 5.97. The molecule has 0 aromatic heterocycles. The van der Waals surface area contributed by atoms with Crippen molar-refractivity contribution < 1.29 is 19.1 Å². The number of nitrogens with one attached hydrogen (secondary N) is 2. The van der Waals surface area contributed by atoms with Crippen LogP contribution in [0.5, 0.6) is 11.5 Å². The maximum absolute atomic E-state index is 11.9. The van der Waals surface area contributed by atoms with Gasteiger partial charge in [-0.25, -0.2) is 5.43 Å². The van der Waals surface area contributed by atoms with E-state index in [0.717, 1.165) is 0 Å². The Hall–Kier alpha value is -3.32. The SMILES string of the molecule is C=CCOc1ccc(/C=N/NC(=O)CC(=O)Nc2cccc(Cl)c2)cc1OC. The maximum atomic E-state index is 11.9. The quantitative estimate of drug-likeness (QED) is 0.292. The highest BCUT2D eigenvalue weighted by Crippen LogP contribution is 2.27. The number of halogens is 1. The molecule has 0 aliphatic rings. The average Bonchev–Trinajstić information content (AvgIpc) is 2.66. The number of anilines is 1. The van der Waals surface area contributed by atoms with Crippen molar-refractivity contribution in [3.63, 3.8) is 0 Å². The summed E-state index contributed by atoms with van der Waals surface area (Å²) in [5, 5.41) is 6.92. The van der Waals surface area contributed by atoms with Crippen LogP contribution in [0.3, 0.4) is 0 Å². The number of nitrogens with zero attached hydrogens (tertiary/aromatic N) is 1. The van der Waals surface area contributed by atoms with E-state index in [1.807, 2.05) is 0 Å². The van der Waals surface area contributed by atoms with Crippen LogP contribution in [0.1, 0.15) is 12.0 Å². The first-order chi connectivity index (χ1) is 13.5. The first-order valence-electron chi connectivity index (χ1n) is 8.31. The number of hydrogen-bond acceptors (Lipinski definition) is 5. The van der Waals surface area contributed by atoms with Crippen molar-refractivity contribution in [2.75, 3.05) is 19.0 Å². The Morgan fingerprint density at radius 1 is 1.18 bits per heavy atom. The molecule has 2 N–H and O–H groups in total. The van der Waals surface area contributed by atoms with Crippen LogP contribution in [-0.2, 0) is 9.59 Å². The van der Waals surface area contributed by atoms with Crippen LogP contribution >= 0.6 is 11.6 Å². The summed E-state index contributed by atoms with van der Waals surface area (Å²) in [7, 11) is 1.53. The fourth-order valence-electron chi connectivity index (χ4n) is 2.17. The fraction of sp³-hybridized carbons (Fsp3) is 0.150. The first-order valence-corrected chi connectivity index (χ1v) is 8.68. The lowest BCUT2D eigenvalue weighted by Crippen LogP contribution is -2.24. The Balaban J connectivity index is 1.86. The second kappa shape index (κ2) is 10.7. The number of methoxy groups -OCH3 is 1. The van der Waals surface area contributed by atoms with Gasteiger partial charge in [-0.3, -0.25) is 9.59 Å². The van der Waals surface area contributed by atoms with E-state index in [4.69, 9.17) is 21.1 Å². The van der Waals surface area contributed by atoms with E-state index in [1.54, 1.807) is 48.5 Å². The predicted molar refractivity (Wildman–Crippen MR) is 109 cm³/mol. The molecular formula is C20H20ClN3O4. The third-order valence-electron chi connectivity index (χ3n) is 3.38. The lowest BCUT2D eigenvalue weighted by Gasteiger charge is -2.09. The van der Waals surface area contributed by atoms with E-state index in [1.165, 1.54) is 13.3 Å². The topological polar surface area (TPSA) is 89.0 Å². The molecule has 146 valence electrons. The minimum atomic E-state index is -0.548. The number of rotatable bonds is 9. The summed E-state index contributed by atoms with van der Waals surface area (Å²) in [5.41, 5.74) is 3.50. The summed E-state index contributed by atoms with van der Waals surface area (Å²) in [6, 6.07) is 11.8. The monoisotopic (exact) mass is 401 g/mol. The van der Waals surface area contributed by atoms with Crippen molar-refractivity contribution in [1.29, 1.82) is 0 Å². The zero-order valence-corrected chi connectivity index (χ0v) is 16.0. The highest BCUT2D eigenvalue weighted by atomic mass is 35.5. The highest BCUT2D eigenvalue weighted by Gasteiger charge is 2.09. The minimum Gasteiger partial charge on any atom is -0.493 e. The molecule has 0 fully saturated rings.